The number of nitrogens with zero attached hydrogens (tertiary/aromatic N) is 1. The van der Waals surface area contributed by atoms with Crippen LogP contribution in [0.5, 0.6) is 0 Å². The van der Waals surface area contributed by atoms with E-state index in [0.717, 1.165) is 14.2 Å². The van der Waals surface area contributed by atoms with Crippen molar-refractivity contribution in [3.63, 3.8) is 0 Å². The highest BCUT2D eigenvalue weighted by molar-refractivity contribution is 5.97. The Balaban J connectivity index is 3.21. The topological polar surface area (TPSA) is 55.8 Å². The van der Waals surface area contributed by atoms with Crippen LogP contribution in [0.2, 0.25) is 0 Å². The van der Waals surface area contributed by atoms with Crippen LogP contribution in [0.15, 0.2) is 30.3 Å². The number of hydrogen-bond donors (Lipinski definition) is 0. The number of rotatable bonds is 5. The summed E-state index contributed by atoms with van der Waals surface area (Å²) in [4.78, 5) is 23.1. The molecule has 1 rings (SSSR count). The third kappa shape index (κ3) is 4.19. The van der Waals surface area contributed by atoms with E-state index in [1.165, 1.54) is 24.3 Å². The molecule has 0 aliphatic rings. The second kappa shape index (κ2) is 7.07. The Hall–Kier alpha value is -2.09. The van der Waals surface area contributed by atoms with Crippen LogP contribution < -0.4 is 0 Å². The summed E-state index contributed by atoms with van der Waals surface area (Å²) in [5.74, 6) is -2.56. The summed E-state index contributed by atoms with van der Waals surface area (Å²) in [5, 5.41) is 0. The molecule has 1 aromatic carbocycles. The first-order valence-electron chi connectivity index (χ1n) is 5.85. The lowest BCUT2D eigenvalue weighted by Gasteiger charge is -2.30. The lowest BCUT2D eigenvalue weighted by molar-refractivity contribution is -0.242. The van der Waals surface area contributed by atoms with Crippen LogP contribution in [0, 0.1) is 0 Å². The molecule has 0 aliphatic carbocycles. The van der Waals surface area contributed by atoms with Gasteiger partial charge in [-0.2, -0.15) is 0 Å². The second-order valence-corrected chi connectivity index (χ2v) is 4.00. The van der Waals surface area contributed by atoms with Gasteiger partial charge in [0, 0.05) is 12.7 Å². The Morgan fingerprint density at radius 2 is 1.76 bits per heavy atom. The molecule has 21 heavy (non-hydrogen) atoms. The molecular formula is C13H14F3NO4. The maximum Gasteiger partial charge on any atom is 0.488 e. The van der Waals surface area contributed by atoms with Crippen molar-refractivity contribution >= 4 is 11.9 Å². The summed E-state index contributed by atoms with van der Waals surface area (Å²) in [6.07, 6.45) is -5.05. The average molecular weight is 305 g/mol. The van der Waals surface area contributed by atoms with Gasteiger partial charge in [0.05, 0.1) is 13.7 Å². The van der Waals surface area contributed by atoms with Gasteiger partial charge in [-0.25, -0.2) is 9.69 Å². The van der Waals surface area contributed by atoms with Crippen LogP contribution in [0.4, 0.5) is 13.2 Å². The largest absolute Gasteiger partial charge is 0.488 e. The van der Waals surface area contributed by atoms with E-state index in [4.69, 9.17) is 0 Å². The van der Waals surface area contributed by atoms with Crippen LogP contribution in [0.25, 0.3) is 0 Å². The van der Waals surface area contributed by atoms with E-state index in [-0.39, 0.29) is 5.56 Å². The van der Waals surface area contributed by atoms with E-state index >= 15 is 0 Å². The molecule has 1 unspecified atom stereocenters. The van der Waals surface area contributed by atoms with E-state index < -0.39 is 35.7 Å². The molecule has 0 aromatic heterocycles. The SMILES string of the molecule is COCC(C(=O)OC)N(C(=O)c1ccccc1)C(F)(F)F. The van der Waals surface area contributed by atoms with Crippen LogP contribution in [-0.4, -0.2) is 49.9 Å². The monoisotopic (exact) mass is 305 g/mol. The molecule has 8 heteroatoms. The smallest absolute Gasteiger partial charge is 0.467 e. The number of esters is 1. The Morgan fingerprint density at radius 1 is 1.19 bits per heavy atom. The Bertz CT molecular complexity index is 490. The fraction of sp³-hybridized carbons (Fsp3) is 0.385. The minimum absolute atomic E-state index is 0.195. The minimum atomic E-state index is -5.05. The molecule has 0 radical (unpaired) electrons. The molecule has 0 fully saturated rings. The first kappa shape index (κ1) is 17.0. The van der Waals surface area contributed by atoms with Crippen LogP contribution >= 0.6 is 0 Å². The number of ether oxygens (including phenoxy) is 2. The minimum Gasteiger partial charge on any atom is -0.467 e. The molecule has 5 nitrogen and oxygen atoms in total. The van der Waals surface area contributed by atoms with Crippen molar-refractivity contribution in [2.24, 2.45) is 0 Å². The molecule has 1 atom stereocenters. The summed E-state index contributed by atoms with van der Waals surface area (Å²) in [7, 11) is 2.06. The molecular weight excluding hydrogens is 291 g/mol. The predicted molar refractivity (Wildman–Crippen MR) is 66.3 cm³/mol. The van der Waals surface area contributed by atoms with E-state index in [0.29, 0.717) is 0 Å². The van der Waals surface area contributed by atoms with Gasteiger partial charge in [-0.1, -0.05) is 18.2 Å². The van der Waals surface area contributed by atoms with E-state index in [1.54, 1.807) is 6.07 Å². The van der Waals surface area contributed by atoms with Gasteiger partial charge in [0.25, 0.3) is 5.91 Å². The average Bonchev–Trinajstić information content (AvgIpc) is 2.45. The number of amides is 1. The van der Waals surface area contributed by atoms with Crippen molar-refractivity contribution in [3.8, 4) is 0 Å². The Morgan fingerprint density at radius 3 is 2.19 bits per heavy atom. The van der Waals surface area contributed by atoms with Gasteiger partial charge >= 0.3 is 12.3 Å². The molecule has 116 valence electrons. The quantitative estimate of drug-likeness (QED) is 0.615. The summed E-state index contributed by atoms with van der Waals surface area (Å²) in [6.45, 7) is -0.634. The summed E-state index contributed by atoms with van der Waals surface area (Å²) >= 11 is 0. The van der Waals surface area contributed by atoms with Gasteiger partial charge in [0.15, 0.2) is 6.04 Å². The molecule has 0 saturated carbocycles. The number of hydrogen-bond acceptors (Lipinski definition) is 4. The number of methoxy groups -OCH3 is 2. The number of carbonyl (C=O) groups is 2. The standard InChI is InChI=1S/C13H14F3NO4/c1-20-8-10(12(19)21-2)17(13(14,15)16)11(18)9-6-4-3-5-7-9/h3-7,10H,8H2,1-2H3. The Labute approximate surface area is 119 Å². The zero-order valence-electron chi connectivity index (χ0n) is 11.4. The normalized spacial score (nSPS) is 12.6. The predicted octanol–water partition coefficient (Wildman–Crippen LogP) is 1.84. The molecule has 0 saturated heterocycles. The lowest BCUT2D eigenvalue weighted by atomic mass is 10.1. The van der Waals surface area contributed by atoms with Gasteiger partial charge in [-0.15, -0.1) is 13.2 Å². The van der Waals surface area contributed by atoms with Gasteiger partial charge in [-0.3, -0.25) is 4.79 Å². The summed E-state index contributed by atoms with van der Waals surface area (Å²) in [5.41, 5.74) is -0.195. The highest BCUT2D eigenvalue weighted by Crippen LogP contribution is 2.27. The second-order valence-electron chi connectivity index (χ2n) is 4.00. The van der Waals surface area contributed by atoms with Crippen molar-refractivity contribution < 1.29 is 32.2 Å². The third-order valence-corrected chi connectivity index (χ3v) is 2.62. The van der Waals surface area contributed by atoms with Crippen LogP contribution in [-0.2, 0) is 14.3 Å². The highest BCUT2D eigenvalue weighted by Gasteiger charge is 2.48. The third-order valence-electron chi connectivity index (χ3n) is 2.62. The van der Waals surface area contributed by atoms with E-state index in [1.807, 2.05) is 0 Å². The van der Waals surface area contributed by atoms with Crippen LogP contribution in [0.3, 0.4) is 0 Å². The van der Waals surface area contributed by atoms with Crippen molar-refractivity contribution in [1.82, 2.24) is 4.90 Å². The van der Waals surface area contributed by atoms with Crippen molar-refractivity contribution in [1.29, 1.82) is 0 Å². The molecule has 0 spiro atoms. The van der Waals surface area contributed by atoms with Gasteiger partial charge in [0.1, 0.15) is 0 Å². The fourth-order valence-corrected chi connectivity index (χ4v) is 1.70. The zero-order chi connectivity index (χ0) is 16.0. The summed E-state index contributed by atoms with van der Waals surface area (Å²) in [6, 6.07) is 4.94. The molecule has 0 aliphatic heterocycles. The van der Waals surface area contributed by atoms with E-state index in [2.05, 4.69) is 9.47 Å². The first-order chi connectivity index (χ1) is 9.82. The Kier molecular flexibility index (Phi) is 5.71. The lowest BCUT2D eigenvalue weighted by Crippen LogP contribution is -2.55. The van der Waals surface area contributed by atoms with Crippen molar-refractivity contribution in [2.45, 2.75) is 12.3 Å². The molecule has 1 aromatic rings. The number of carbonyl (C=O) groups excluding carboxylic acids is 2. The molecule has 0 heterocycles. The molecule has 0 bridgehead atoms. The zero-order valence-corrected chi connectivity index (χ0v) is 11.4. The van der Waals surface area contributed by atoms with E-state index in [9.17, 15) is 22.8 Å². The summed E-state index contributed by atoms with van der Waals surface area (Å²) < 4.78 is 48.4. The first-order valence-corrected chi connectivity index (χ1v) is 5.85. The number of alkyl halides is 3. The molecule has 1 amide bonds. The van der Waals surface area contributed by atoms with Crippen molar-refractivity contribution in [3.05, 3.63) is 35.9 Å². The van der Waals surface area contributed by atoms with Gasteiger partial charge in [0.2, 0.25) is 0 Å². The van der Waals surface area contributed by atoms with Crippen molar-refractivity contribution in [2.75, 3.05) is 20.8 Å². The number of halogens is 3. The van der Waals surface area contributed by atoms with Crippen LogP contribution in [0.1, 0.15) is 10.4 Å². The maximum atomic E-state index is 13.2. The molecule has 0 N–H and O–H groups in total. The van der Waals surface area contributed by atoms with Gasteiger partial charge < -0.3 is 9.47 Å². The fourth-order valence-electron chi connectivity index (χ4n) is 1.70. The highest BCUT2D eigenvalue weighted by atomic mass is 19.4. The maximum absolute atomic E-state index is 13.2. The van der Waals surface area contributed by atoms with Gasteiger partial charge in [-0.05, 0) is 12.1 Å². The number of benzene rings is 1.